The Labute approximate surface area is 160 Å². The van der Waals surface area contributed by atoms with E-state index in [1.54, 1.807) is 11.3 Å². The largest absolute Gasteiger partial charge is 0.490 e. The SMILES string of the molecule is CCOC1COC2(CCN(Cc3csc(C)n3)CC2)C1.O=C(O)C(F)(F)F. The highest BCUT2D eigenvalue weighted by molar-refractivity contribution is 7.09. The molecular weight excluding hydrogens is 385 g/mol. The predicted molar refractivity (Wildman–Crippen MR) is 93.8 cm³/mol. The second kappa shape index (κ2) is 9.31. The number of hydrogen-bond acceptors (Lipinski definition) is 6. The van der Waals surface area contributed by atoms with Crippen molar-refractivity contribution in [1.82, 2.24) is 9.88 Å². The number of thiazole rings is 1. The van der Waals surface area contributed by atoms with Gasteiger partial charge in [-0.3, -0.25) is 4.90 Å². The van der Waals surface area contributed by atoms with Crippen LogP contribution in [0.2, 0.25) is 0 Å². The Morgan fingerprint density at radius 2 is 2.11 bits per heavy atom. The number of piperidine rings is 1. The molecule has 2 saturated heterocycles. The van der Waals surface area contributed by atoms with Crippen molar-refractivity contribution in [2.75, 3.05) is 26.3 Å². The van der Waals surface area contributed by atoms with Gasteiger partial charge in [0.05, 0.1) is 29.0 Å². The molecule has 0 aliphatic carbocycles. The highest BCUT2D eigenvalue weighted by atomic mass is 32.1. The fourth-order valence-electron chi connectivity index (χ4n) is 3.32. The predicted octanol–water partition coefficient (Wildman–Crippen LogP) is 3.24. The normalized spacial score (nSPS) is 22.5. The Morgan fingerprint density at radius 3 is 2.59 bits per heavy atom. The van der Waals surface area contributed by atoms with E-state index in [9.17, 15) is 13.2 Å². The summed E-state index contributed by atoms with van der Waals surface area (Å²) in [5.41, 5.74) is 1.30. The van der Waals surface area contributed by atoms with Crippen molar-refractivity contribution in [1.29, 1.82) is 0 Å². The van der Waals surface area contributed by atoms with Gasteiger partial charge in [0.2, 0.25) is 0 Å². The molecule has 6 nitrogen and oxygen atoms in total. The molecule has 154 valence electrons. The molecule has 1 N–H and O–H groups in total. The second-order valence-electron chi connectivity index (χ2n) is 6.71. The zero-order chi connectivity index (χ0) is 20.1. The molecule has 0 amide bonds. The third-order valence-corrected chi connectivity index (χ3v) is 5.46. The van der Waals surface area contributed by atoms with E-state index in [0.29, 0.717) is 6.10 Å². The lowest BCUT2D eigenvalue weighted by Gasteiger charge is -2.38. The summed E-state index contributed by atoms with van der Waals surface area (Å²) in [7, 11) is 0. The van der Waals surface area contributed by atoms with Gasteiger partial charge in [-0.05, 0) is 26.7 Å². The summed E-state index contributed by atoms with van der Waals surface area (Å²) >= 11 is 1.74. The van der Waals surface area contributed by atoms with Crippen LogP contribution in [0.25, 0.3) is 0 Å². The van der Waals surface area contributed by atoms with Crippen LogP contribution in [0, 0.1) is 6.92 Å². The molecule has 2 aliphatic heterocycles. The molecule has 3 rings (SSSR count). The van der Waals surface area contributed by atoms with Crippen molar-refractivity contribution in [3.63, 3.8) is 0 Å². The van der Waals surface area contributed by atoms with Crippen LogP contribution < -0.4 is 0 Å². The van der Waals surface area contributed by atoms with E-state index in [-0.39, 0.29) is 5.60 Å². The van der Waals surface area contributed by atoms with Gasteiger partial charge >= 0.3 is 12.1 Å². The number of alkyl halides is 3. The standard InChI is InChI=1S/C15H24N2O2S.C2HF3O2/c1-3-18-14-8-15(19-10-14)4-6-17(7-5-15)9-13-11-20-12(2)16-13;3-2(4,5)1(6)7/h11,14H,3-10H2,1-2H3;(H,6,7). The molecule has 0 aromatic carbocycles. The van der Waals surface area contributed by atoms with E-state index in [1.807, 2.05) is 0 Å². The number of aromatic nitrogens is 1. The van der Waals surface area contributed by atoms with E-state index >= 15 is 0 Å². The van der Waals surface area contributed by atoms with Gasteiger partial charge in [0.1, 0.15) is 0 Å². The molecule has 3 heterocycles. The van der Waals surface area contributed by atoms with Gasteiger partial charge in [-0.25, -0.2) is 9.78 Å². The van der Waals surface area contributed by atoms with Crippen molar-refractivity contribution in [3.05, 3.63) is 16.1 Å². The number of ether oxygens (including phenoxy) is 2. The number of carboxylic acid groups (broad SMARTS) is 1. The van der Waals surface area contributed by atoms with Gasteiger partial charge < -0.3 is 14.6 Å². The van der Waals surface area contributed by atoms with Gasteiger partial charge in [-0.15, -0.1) is 11.3 Å². The molecule has 1 aromatic heterocycles. The number of carboxylic acids is 1. The second-order valence-corrected chi connectivity index (χ2v) is 7.77. The van der Waals surface area contributed by atoms with E-state index in [2.05, 4.69) is 29.1 Å². The third-order valence-electron chi connectivity index (χ3n) is 4.64. The van der Waals surface area contributed by atoms with Crippen LogP contribution in [0.15, 0.2) is 5.38 Å². The summed E-state index contributed by atoms with van der Waals surface area (Å²) in [5.74, 6) is -2.76. The molecule has 1 aromatic rings. The number of hydrogen-bond donors (Lipinski definition) is 1. The average molecular weight is 410 g/mol. The number of carbonyl (C=O) groups is 1. The lowest BCUT2D eigenvalue weighted by atomic mass is 9.88. The Balaban J connectivity index is 0.000000321. The van der Waals surface area contributed by atoms with Gasteiger partial charge in [-0.2, -0.15) is 13.2 Å². The highest BCUT2D eigenvalue weighted by Crippen LogP contribution is 2.37. The average Bonchev–Trinajstić information content (AvgIpc) is 3.17. The lowest BCUT2D eigenvalue weighted by molar-refractivity contribution is -0.192. The maximum absolute atomic E-state index is 10.6. The van der Waals surface area contributed by atoms with E-state index < -0.39 is 12.1 Å². The van der Waals surface area contributed by atoms with Crippen LogP contribution in [-0.4, -0.2) is 65.1 Å². The minimum absolute atomic E-state index is 0.0916. The fraction of sp³-hybridized carbons (Fsp3) is 0.765. The molecule has 0 bridgehead atoms. The number of aryl methyl sites for hydroxylation is 1. The third kappa shape index (κ3) is 6.70. The number of halogens is 3. The number of nitrogens with zero attached hydrogens (tertiary/aromatic N) is 2. The van der Waals surface area contributed by atoms with E-state index in [4.69, 9.17) is 19.4 Å². The van der Waals surface area contributed by atoms with Crippen LogP contribution in [0.4, 0.5) is 13.2 Å². The van der Waals surface area contributed by atoms with E-state index in [0.717, 1.165) is 57.1 Å². The van der Waals surface area contributed by atoms with Crippen molar-refractivity contribution in [3.8, 4) is 0 Å². The minimum atomic E-state index is -5.08. The smallest absolute Gasteiger partial charge is 0.475 e. The molecular formula is C17H25F3N2O4S. The highest BCUT2D eigenvalue weighted by Gasteiger charge is 2.43. The Bertz CT molecular complexity index is 616. The molecule has 2 fully saturated rings. The molecule has 2 aliphatic rings. The van der Waals surface area contributed by atoms with Gasteiger partial charge in [0.15, 0.2) is 0 Å². The first kappa shape index (κ1) is 22.1. The molecule has 10 heteroatoms. The zero-order valence-corrected chi connectivity index (χ0v) is 16.2. The van der Waals surface area contributed by atoms with Crippen molar-refractivity contribution in [2.24, 2.45) is 0 Å². The molecule has 1 unspecified atom stereocenters. The van der Waals surface area contributed by atoms with Crippen LogP contribution >= 0.6 is 11.3 Å². The van der Waals surface area contributed by atoms with Crippen LogP contribution in [0.3, 0.4) is 0 Å². The maximum Gasteiger partial charge on any atom is 0.490 e. The molecule has 0 radical (unpaired) electrons. The topological polar surface area (TPSA) is 71.9 Å². The first-order valence-electron chi connectivity index (χ1n) is 8.82. The molecule has 0 saturated carbocycles. The summed E-state index contributed by atoms with van der Waals surface area (Å²) in [4.78, 5) is 15.9. The quantitative estimate of drug-likeness (QED) is 0.822. The summed E-state index contributed by atoms with van der Waals surface area (Å²) < 4.78 is 43.5. The van der Waals surface area contributed by atoms with Gasteiger partial charge in [-0.1, -0.05) is 0 Å². The Morgan fingerprint density at radius 1 is 1.48 bits per heavy atom. The van der Waals surface area contributed by atoms with Crippen molar-refractivity contribution < 1.29 is 32.5 Å². The van der Waals surface area contributed by atoms with Crippen LogP contribution in [-0.2, 0) is 20.8 Å². The molecule has 27 heavy (non-hydrogen) atoms. The summed E-state index contributed by atoms with van der Waals surface area (Å²) in [5, 5.41) is 10.5. The Hall–Kier alpha value is -1.23. The van der Waals surface area contributed by atoms with Crippen molar-refractivity contribution >= 4 is 17.3 Å². The first-order chi connectivity index (χ1) is 12.6. The van der Waals surface area contributed by atoms with Crippen molar-refractivity contribution in [2.45, 2.75) is 57.5 Å². The maximum atomic E-state index is 10.6. The van der Waals surface area contributed by atoms with Crippen LogP contribution in [0.1, 0.15) is 36.9 Å². The van der Waals surface area contributed by atoms with E-state index in [1.165, 1.54) is 5.69 Å². The first-order valence-corrected chi connectivity index (χ1v) is 9.70. The lowest BCUT2D eigenvalue weighted by Crippen LogP contribution is -2.44. The van der Waals surface area contributed by atoms with Crippen LogP contribution in [0.5, 0.6) is 0 Å². The molecule has 1 atom stereocenters. The number of likely N-dealkylation sites (tertiary alicyclic amines) is 1. The van der Waals surface area contributed by atoms with Gasteiger partial charge in [0, 0.05) is 38.0 Å². The number of rotatable bonds is 4. The minimum Gasteiger partial charge on any atom is -0.475 e. The monoisotopic (exact) mass is 410 g/mol. The summed E-state index contributed by atoms with van der Waals surface area (Å²) in [6.07, 6.45) is -1.45. The Kier molecular flexibility index (Phi) is 7.61. The fourth-order valence-corrected chi connectivity index (χ4v) is 3.93. The summed E-state index contributed by atoms with van der Waals surface area (Å²) in [6, 6.07) is 0. The van der Waals surface area contributed by atoms with Gasteiger partial charge in [0.25, 0.3) is 0 Å². The summed E-state index contributed by atoms with van der Waals surface area (Å²) in [6.45, 7) is 8.89. The molecule has 1 spiro atoms. The zero-order valence-electron chi connectivity index (χ0n) is 15.4. The number of aliphatic carboxylic acids is 1.